The van der Waals surface area contributed by atoms with E-state index in [0.29, 0.717) is 33.1 Å². The van der Waals surface area contributed by atoms with E-state index in [2.05, 4.69) is 16.5 Å². The number of para-hydroxylation sites is 2. The van der Waals surface area contributed by atoms with Crippen LogP contribution in [0.4, 0.5) is 5.69 Å². The lowest BCUT2D eigenvalue weighted by Crippen LogP contribution is -2.28. The Bertz CT molecular complexity index is 1570. The van der Waals surface area contributed by atoms with E-state index >= 15 is 0 Å². The Labute approximate surface area is 199 Å². The minimum absolute atomic E-state index is 0.227. The SMILES string of the molecule is COc1ccc(NC(=O)Cn2nc3c(Sc4cccc(C)c4)nc4ccccc4n3c2=O)cc1. The molecule has 0 fully saturated rings. The summed E-state index contributed by atoms with van der Waals surface area (Å²) in [5.74, 6) is 0.327. The van der Waals surface area contributed by atoms with Gasteiger partial charge in [0, 0.05) is 10.6 Å². The normalized spacial score (nSPS) is 11.1. The molecule has 0 aliphatic carbocycles. The Morgan fingerprint density at radius 3 is 2.62 bits per heavy atom. The number of fused-ring (bicyclic) bond motifs is 3. The van der Waals surface area contributed by atoms with Crippen LogP contribution in [0.5, 0.6) is 5.75 Å². The fourth-order valence-corrected chi connectivity index (χ4v) is 4.63. The number of methoxy groups -OCH3 is 1. The molecule has 8 nitrogen and oxygen atoms in total. The first kappa shape index (κ1) is 21.7. The standard InChI is InChI=1S/C25H21N5O3S/c1-16-6-5-7-19(14-16)34-24-23-28-29(15-22(31)26-17-10-12-18(33-2)13-11-17)25(32)30(23)21-9-4-3-8-20(21)27-24/h3-14H,15H2,1-2H3,(H,26,31). The Kier molecular flexibility index (Phi) is 5.77. The lowest BCUT2D eigenvalue weighted by molar-refractivity contribution is -0.117. The van der Waals surface area contributed by atoms with Crippen molar-refractivity contribution in [1.82, 2.24) is 19.2 Å². The maximum absolute atomic E-state index is 13.3. The van der Waals surface area contributed by atoms with E-state index in [1.165, 1.54) is 20.8 Å². The summed E-state index contributed by atoms with van der Waals surface area (Å²) in [7, 11) is 1.58. The van der Waals surface area contributed by atoms with Crippen LogP contribution >= 0.6 is 11.8 Å². The summed E-state index contributed by atoms with van der Waals surface area (Å²) in [5.41, 5.74) is 3.05. The number of benzene rings is 3. The van der Waals surface area contributed by atoms with Gasteiger partial charge >= 0.3 is 5.69 Å². The van der Waals surface area contributed by atoms with Crippen LogP contribution in [0.3, 0.4) is 0 Å². The largest absolute Gasteiger partial charge is 0.497 e. The van der Waals surface area contributed by atoms with Crippen LogP contribution in [0.25, 0.3) is 16.7 Å². The molecule has 0 spiro atoms. The van der Waals surface area contributed by atoms with E-state index < -0.39 is 5.69 Å². The Balaban J connectivity index is 1.53. The highest BCUT2D eigenvalue weighted by atomic mass is 32.2. The number of aromatic nitrogens is 4. The zero-order valence-corrected chi connectivity index (χ0v) is 19.4. The number of nitrogens with one attached hydrogen (secondary N) is 1. The molecule has 0 aliphatic rings. The van der Waals surface area contributed by atoms with Crippen LogP contribution in [-0.2, 0) is 11.3 Å². The molecule has 5 rings (SSSR count). The summed E-state index contributed by atoms with van der Waals surface area (Å²) in [6, 6.07) is 22.4. The second kappa shape index (κ2) is 9.03. The van der Waals surface area contributed by atoms with Crippen LogP contribution in [-0.4, -0.2) is 32.2 Å². The maximum atomic E-state index is 13.3. The minimum atomic E-state index is -0.399. The third kappa shape index (κ3) is 4.25. The van der Waals surface area contributed by atoms with Crippen molar-refractivity contribution in [3.63, 3.8) is 0 Å². The number of hydrogen-bond donors (Lipinski definition) is 1. The van der Waals surface area contributed by atoms with Gasteiger partial charge in [-0.25, -0.2) is 18.9 Å². The first-order valence-electron chi connectivity index (χ1n) is 10.6. The lowest BCUT2D eigenvalue weighted by Gasteiger charge is -2.06. The number of amides is 1. The molecule has 0 radical (unpaired) electrons. The topological polar surface area (TPSA) is 90.5 Å². The van der Waals surface area contributed by atoms with E-state index in [0.717, 1.165) is 10.5 Å². The van der Waals surface area contributed by atoms with Crippen LogP contribution in [0.15, 0.2) is 87.5 Å². The van der Waals surface area contributed by atoms with Crippen molar-refractivity contribution >= 4 is 40.0 Å². The van der Waals surface area contributed by atoms with Crippen molar-refractivity contribution in [2.24, 2.45) is 0 Å². The van der Waals surface area contributed by atoms with Crippen LogP contribution in [0.2, 0.25) is 0 Å². The first-order valence-corrected chi connectivity index (χ1v) is 11.4. The molecule has 3 aromatic carbocycles. The van der Waals surface area contributed by atoms with Gasteiger partial charge in [0.25, 0.3) is 0 Å². The van der Waals surface area contributed by atoms with E-state index in [1.54, 1.807) is 31.4 Å². The summed E-state index contributed by atoms with van der Waals surface area (Å²) in [4.78, 5) is 31.7. The Morgan fingerprint density at radius 2 is 1.85 bits per heavy atom. The number of carbonyl (C=O) groups is 1. The van der Waals surface area contributed by atoms with Crippen molar-refractivity contribution < 1.29 is 9.53 Å². The van der Waals surface area contributed by atoms with Gasteiger partial charge < -0.3 is 10.1 Å². The second-order valence-electron chi connectivity index (χ2n) is 7.70. The van der Waals surface area contributed by atoms with Crippen molar-refractivity contribution in [3.05, 3.63) is 88.8 Å². The Morgan fingerprint density at radius 1 is 1.06 bits per heavy atom. The van der Waals surface area contributed by atoms with Gasteiger partial charge in [0.1, 0.15) is 17.3 Å². The molecule has 0 saturated carbocycles. The molecule has 0 unspecified atom stereocenters. The molecule has 5 aromatic rings. The Hall–Kier alpha value is -4.11. The molecule has 34 heavy (non-hydrogen) atoms. The van der Waals surface area contributed by atoms with Gasteiger partial charge in [0.05, 0.1) is 18.1 Å². The van der Waals surface area contributed by atoms with Crippen molar-refractivity contribution in [3.8, 4) is 5.75 Å². The maximum Gasteiger partial charge on any atom is 0.351 e. The van der Waals surface area contributed by atoms with Crippen molar-refractivity contribution in [2.75, 3.05) is 12.4 Å². The zero-order chi connectivity index (χ0) is 23.7. The molecule has 0 bridgehead atoms. The van der Waals surface area contributed by atoms with E-state index in [1.807, 2.05) is 49.4 Å². The quantitative estimate of drug-likeness (QED) is 0.400. The summed E-state index contributed by atoms with van der Waals surface area (Å²) >= 11 is 1.43. The molecule has 0 saturated heterocycles. The molecule has 2 aromatic heterocycles. The average Bonchev–Trinajstić information content (AvgIpc) is 3.16. The molecule has 1 amide bonds. The number of aryl methyl sites for hydroxylation is 1. The number of rotatable bonds is 6. The molecule has 0 aliphatic heterocycles. The average molecular weight is 472 g/mol. The van der Waals surface area contributed by atoms with Gasteiger partial charge in [-0.15, -0.1) is 5.10 Å². The molecular weight excluding hydrogens is 450 g/mol. The van der Waals surface area contributed by atoms with Crippen molar-refractivity contribution in [1.29, 1.82) is 0 Å². The summed E-state index contributed by atoms with van der Waals surface area (Å²) in [6.45, 7) is 1.80. The lowest BCUT2D eigenvalue weighted by atomic mass is 10.2. The number of anilines is 1. The zero-order valence-electron chi connectivity index (χ0n) is 18.6. The first-order chi connectivity index (χ1) is 16.5. The molecule has 2 heterocycles. The van der Waals surface area contributed by atoms with E-state index in [9.17, 15) is 9.59 Å². The van der Waals surface area contributed by atoms with E-state index in [4.69, 9.17) is 9.72 Å². The summed E-state index contributed by atoms with van der Waals surface area (Å²) in [5, 5.41) is 7.87. The highest BCUT2D eigenvalue weighted by molar-refractivity contribution is 7.99. The van der Waals surface area contributed by atoms with Gasteiger partial charge in [-0.1, -0.05) is 41.6 Å². The highest BCUT2D eigenvalue weighted by Gasteiger charge is 2.18. The van der Waals surface area contributed by atoms with Gasteiger partial charge in [-0.05, 0) is 55.5 Å². The molecule has 1 N–H and O–H groups in total. The summed E-state index contributed by atoms with van der Waals surface area (Å²) < 4.78 is 7.82. The number of ether oxygens (including phenoxy) is 1. The van der Waals surface area contributed by atoms with Crippen LogP contribution < -0.4 is 15.7 Å². The third-order valence-electron chi connectivity index (χ3n) is 5.25. The van der Waals surface area contributed by atoms with Gasteiger partial charge in [-0.3, -0.25) is 4.79 Å². The van der Waals surface area contributed by atoms with Crippen LogP contribution in [0.1, 0.15) is 5.56 Å². The second-order valence-corrected chi connectivity index (χ2v) is 8.76. The number of hydrogen-bond acceptors (Lipinski definition) is 6. The number of carbonyl (C=O) groups excluding carboxylic acids is 1. The number of nitrogens with zero attached hydrogens (tertiary/aromatic N) is 4. The van der Waals surface area contributed by atoms with Crippen LogP contribution in [0, 0.1) is 6.92 Å². The molecule has 0 atom stereocenters. The monoisotopic (exact) mass is 471 g/mol. The van der Waals surface area contributed by atoms with Gasteiger partial charge in [0.15, 0.2) is 5.65 Å². The minimum Gasteiger partial charge on any atom is -0.497 e. The van der Waals surface area contributed by atoms with Crippen molar-refractivity contribution in [2.45, 2.75) is 23.4 Å². The third-order valence-corrected chi connectivity index (χ3v) is 6.20. The van der Waals surface area contributed by atoms with Gasteiger partial charge in [-0.2, -0.15) is 0 Å². The summed E-state index contributed by atoms with van der Waals surface area (Å²) in [6.07, 6.45) is 0. The fourth-order valence-electron chi connectivity index (χ4n) is 3.64. The molecule has 170 valence electrons. The highest BCUT2D eigenvalue weighted by Crippen LogP contribution is 2.30. The molecule has 9 heteroatoms. The van der Waals surface area contributed by atoms with E-state index in [-0.39, 0.29) is 12.5 Å². The predicted octanol–water partition coefficient (Wildman–Crippen LogP) is 4.15. The fraction of sp³-hybridized carbons (Fsp3) is 0.120. The smallest absolute Gasteiger partial charge is 0.351 e. The predicted molar refractivity (Wildman–Crippen MR) is 132 cm³/mol. The van der Waals surface area contributed by atoms with Gasteiger partial charge in [0.2, 0.25) is 5.91 Å². The molecular formula is C25H21N5O3S.